The number of unbranched alkanes of at least 4 members (excludes halogenated alkanes) is 1. The average molecular weight is 354 g/mol. The molecular weight excluding hydrogens is 314 g/mol. The molecule has 0 radical (unpaired) electrons. The highest BCUT2D eigenvalue weighted by Crippen LogP contribution is 2.40. The van der Waals surface area contributed by atoms with Crippen molar-refractivity contribution in [1.29, 1.82) is 0 Å². The van der Waals surface area contributed by atoms with Gasteiger partial charge in [-0.1, -0.05) is 57.1 Å². The fourth-order valence-electron chi connectivity index (χ4n) is 3.29. The van der Waals surface area contributed by atoms with Crippen molar-refractivity contribution in [2.24, 2.45) is 10.4 Å². The lowest BCUT2D eigenvalue weighted by Gasteiger charge is -2.33. The normalized spacial score (nSPS) is 19.9. The van der Waals surface area contributed by atoms with Gasteiger partial charge in [0.05, 0.1) is 0 Å². The molecule has 1 heteroatoms. The van der Waals surface area contributed by atoms with Crippen LogP contribution in [0.25, 0.3) is 0 Å². The largest absolute Gasteiger partial charge is 0.293 e. The van der Waals surface area contributed by atoms with Gasteiger partial charge in [0, 0.05) is 12.8 Å². The molecule has 144 valence electrons. The second-order valence-corrected chi connectivity index (χ2v) is 8.28. The molecule has 0 heterocycles. The van der Waals surface area contributed by atoms with Gasteiger partial charge in [0.25, 0.3) is 0 Å². The molecule has 0 aliphatic heterocycles. The van der Waals surface area contributed by atoms with E-state index >= 15 is 0 Å². The molecule has 0 spiro atoms. The summed E-state index contributed by atoms with van der Waals surface area (Å²) in [5, 5.41) is 0. The van der Waals surface area contributed by atoms with Crippen LogP contribution in [0, 0.1) is 5.41 Å². The Labute approximate surface area is 162 Å². The second-order valence-electron chi connectivity index (χ2n) is 8.28. The first-order valence-corrected chi connectivity index (χ1v) is 10.2. The highest BCUT2D eigenvalue weighted by Gasteiger charge is 2.26. The van der Waals surface area contributed by atoms with Crippen LogP contribution in [-0.4, -0.2) is 12.8 Å². The van der Waals surface area contributed by atoms with E-state index in [0.717, 1.165) is 6.54 Å². The van der Waals surface area contributed by atoms with Crippen LogP contribution in [0.3, 0.4) is 0 Å². The van der Waals surface area contributed by atoms with E-state index in [-0.39, 0.29) is 0 Å². The topological polar surface area (TPSA) is 12.4 Å². The van der Waals surface area contributed by atoms with Gasteiger partial charge >= 0.3 is 0 Å². The summed E-state index contributed by atoms with van der Waals surface area (Å²) in [5.41, 5.74) is 7.25. The third-order valence-electron chi connectivity index (χ3n) is 5.34. The molecule has 0 saturated carbocycles. The summed E-state index contributed by atoms with van der Waals surface area (Å²) in [5.74, 6) is 0. The van der Waals surface area contributed by atoms with Crippen LogP contribution in [0.2, 0.25) is 0 Å². The summed E-state index contributed by atoms with van der Waals surface area (Å²) in [4.78, 5) is 4.40. The summed E-state index contributed by atoms with van der Waals surface area (Å²) in [6, 6.07) is 0. The molecule has 1 nitrogen and oxygen atoms in total. The number of hydrogen-bond donors (Lipinski definition) is 0. The Morgan fingerprint density at radius 2 is 1.77 bits per heavy atom. The van der Waals surface area contributed by atoms with E-state index in [0.29, 0.717) is 5.41 Å². The first kappa shape index (κ1) is 22.4. The molecule has 0 fully saturated rings. The molecular formula is C25H39N. The monoisotopic (exact) mass is 353 g/mol. The molecule has 0 aromatic carbocycles. The maximum Gasteiger partial charge on any atom is 0.0389 e. The Kier molecular flexibility index (Phi) is 9.62. The molecule has 0 atom stereocenters. The number of nitrogens with zero attached hydrogens (tertiary/aromatic N) is 1. The van der Waals surface area contributed by atoms with E-state index in [9.17, 15) is 0 Å². The van der Waals surface area contributed by atoms with E-state index < -0.39 is 0 Å². The number of aliphatic imine (C=N–C) groups is 1. The van der Waals surface area contributed by atoms with Crippen molar-refractivity contribution in [2.75, 3.05) is 6.54 Å². The van der Waals surface area contributed by atoms with Gasteiger partial charge in [0.1, 0.15) is 0 Å². The van der Waals surface area contributed by atoms with Crippen LogP contribution >= 0.6 is 0 Å². The summed E-state index contributed by atoms with van der Waals surface area (Å²) < 4.78 is 0. The van der Waals surface area contributed by atoms with Gasteiger partial charge in [-0.25, -0.2) is 0 Å². The predicted octanol–water partition coefficient (Wildman–Crippen LogP) is 7.78. The van der Waals surface area contributed by atoms with Crippen molar-refractivity contribution < 1.29 is 0 Å². The molecule has 1 aliphatic carbocycles. The van der Waals surface area contributed by atoms with Crippen molar-refractivity contribution in [1.82, 2.24) is 0 Å². The highest BCUT2D eigenvalue weighted by atomic mass is 14.7. The zero-order valence-corrected chi connectivity index (χ0v) is 18.2. The van der Waals surface area contributed by atoms with Crippen molar-refractivity contribution in [2.45, 2.75) is 80.6 Å². The number of allylic oxidation sites excluding steroid dienone is 10. The molecule has 0 saturated heterocycles. The van der Waals surface area contributed by atoms with Crippen LogP contribution in [0.15, 0.2) is 63.2 Å². The van der Waals surface area contributed by atoms with Crippen molar-refractivity contribution >= 4 is 6.21 Å². The summed E-state index contributed by atoms with van der Waals surface area (Å²) in [6.07, 6.45) is 19.3. The Bertz CT molecular complexity index is 633. The van der Waals surface area contributed by atoms with Crippen LogP contribution in [0.1, 0.15) is 80.6 Å². The van der Waals surface area contributed by atoms with Crippen LogP contribution < -0.4 is 0 Å². The smallest absolute Gasteiger partial charge is 0.0389 e. The molecule has 0 bridgehead atoms. The molecule has 0 aromatic rings. The lowest BCUT2D eigenvalue weighted by Crippen LogP contribution is -2.19. The molecule has 0 aromatic heterocycles. The Morgan fingerprint density at radius 1 is 1.08 bits per heavy atom. The van der Waals surface area contributed by atoms with Crippen molar-refractivity contribution in [3.63, 3.8) is 0 Å². The van der Waals surface area contributed by atoms with E-state index in [2.05, 4.69) is 83.8 Å². The first-order chi connectivity index (χ1) is 12.3. The SMILES string of the molecule is CCCCN=C/C=C(C)/C=C\C(C)=C(C)\C=C\C1=C(C)CCCC1(C)C. The standard InChI is InChI=1S/C25H39N/c1-8-9-18-26-19-16-20(2)12-13-21(3)22(4)14-15-24-23(5)11-10-17-25(24,6)7/h12-16,19H,8-11,17-18H2,1-7H3/b13-12-,15-14+,20-16+,22-21+,26-19?. The van der Waals surface area contributed by atoms with Gasteiger partial charge in [0.15, 0.2) is 0 Å². The zero-order valence-electron chi connectivity index (χ0n) is 18.2. The quantitative estimate of drug-likeness (QED) is 0.240. The van der Waals surface area contributed by atoms with Gasteiger partial charge < -0.3 is 0 Å². The second kappa shape index (κ2) is 11.2. The molecule has 0 unspecified atom stereocenters. The van der Waals surface area contributed by atoms with Crippen molar-refractivity contribution in [3.05, 3.63) is 58.2 Å². The summed E-state index contributed by atoms with van der Waals surface area (Å²) in [7, 11) is 0. The lowest BCUT2D eigenvalue weighted by atomic mass is 9.72. The zero-order chi connectivity index (χ0) is 19.6. The maximum absolute atomic E-state index is 4.40. The Morgan fingerprint density at radius 3 is 2.42 bits per heavy atom. The van der Waals surface area contributed by atoms with Crippen LogP contribution in [0.4, 0.5) is 0 Å². The van der Waals surface area contributed by atoms with Crippen molar-refractivity contribution in [3.8, 4) is 0 Å². The fraction of sp³-hybridized carbons (Fsp3) is 0.560. The fourth-order valence-corrected chi connectivity index (χ4v) is 3.29. The summed E-state index contributed by atoms with van der Waals surface area (Å²) >= 11 is 0. The first-order valence-electron chi connectivity index (χ1n) is 10.2. The molecule has 1 aliphatic rings. The van der Waals surface area contributed by atoms with E-state index in [4.69, 9.17) is 0 Å². The molecule has 1 rings (SSSR count). The maximum atomic E-state index is 4.40. The van der Waals surface area contributed by atoms with E-state index in [1.807, 2.05) is 6.21 Å². The van der Waals surface area contributed by atoms with Gasteiger partial charge in [-0.15, -0.1) is 0 Å². The third-order valence-corrected chi connectivity index (χ3v) is 5.34. The minimum Gasteiger partial charge on any atom is -0.293 e. The minimum absolute atomic E-state index is 0.305. The Balaban J connectivity index is 2.77. The number of hydrogen-bond acceptors (Lipinski definition) is 1. The minimum atomic E-state index is 0.305. The molecule has 0 N–H and O–H groups in total. The van der Waals surface area contributed by atoms with E-state index in [1.54, 1.807) is 5.57 Å². The van der Waals surface area contributed by atoms with Gasteiger partial charge in [-0.05, 0) is 87.2 Å². The van der Waals surface area contributed by atoms with Gasteiger partial charge in [-0.2, -0.15) is 0 Å². The van der Waals surface area contributed by atoms with Crippen LogP contribution in [0.5, 0.6) is 0 Å². The average Bonchev–Trinajstić information content (AvgIpc) is 2.58. The van der Waals surface area contributed by atoms with E-state index in [1.165, 1.54) is 54.4 Å². The van der Waals surface area contributed by atoms with Gasteiger partial charge in [0.2, 0.25) is 0 Å². The third kappa shape index (κ3) is 7.72. The molecule has 26 heavy (non-hydrogen) atoms. The predicted molar refractivity (Wildman–Crippen MR) is 119 cm³/mol. The highest BCUT2D eigenvalue weighted by molar-refractivity contribution is 5.72. The summed E-state index contributed by atoms with van der Waals surface area (Å²) in [6.45, 7) is 16.7. The van der Waals surface area contributed by atoms with Crippen LogP contribution in [-0.2, 0) is 0 Å². The Hall–Kier alpha value is -1.63. The lowest BCUT2D eigenvalue weighted by molar-refractivity contribution is 0.377. The number of rotatable bonds is 8. The molecule has 0 amide bonds. The van der Waals surface area contributed by atoms with Gasteiger partial charge in [-0.3, -0.25) is 4.99 Å².